The summed E-state index contributed by atoms with van der Waals surface area (Å²) in [4.78, 5) is 0. The normalized spacial score (nSPS) is 11.9. The average Bonchev–Trinajstić information content (AvgIpc) is 2.46. The van der Waals surface area contributed by atoms with E-state index in [2.05, 4.69) is 13.2 Å². The van der Waals surface area contributed by atoms with E-state index >= 15 is 0 Å². The highest BCUT2D eigenvalue weighted by atomic mass is 19.1. The highest BCUT2D eigenvalue weighted by Crippen LogP contribution is 2.28. The Labute approximate surface area is 113 Å². The fourth-order valence-electron chi connectivity index (χ4n) is 2.04. The van der Waals surface area contributed by atoms with E-state index in [1.165, 1.54) is 0 Å². The van der Waals surface area contributed by atoms with Crippen molar-refractivity contribution in [2.45, 2.75) is 12.8 Å². The second-order valence-electron chi connectivity index (χ2n) is 4.61. The first-order valence-corrected chi connectivity index (χ1v) is 6.29. The van der Waals surface area contributed by atoms with Crippen molar-refractivity contribution in [3.63, 3.8) is 0 Å². The van der Waals surface area contributed by atoms with Crippen LogP contribution in [0.25, 0.3) is 11.1 Å². The molecule has 2 rings (SSSR count). The van der Waals surface area contributed by atoms with Crippen molar-refractivity contribution in [1.29, 1.82) is 0 Å². The molecule has 96 valence electrons. The van der Waals surface area contributed by atoms with Gasteiger partial charge in [-0.3, -0.25) is 0 Å². The zero-order valence-corrected chi connectivity index (χ0v) is 11.1. The van der Waals surface area contributed by atoms with Crippen LogP contribution in [0.15, 0.2) is 73.3 Å². The predicted molar refractivity (Wildman–Crippen MR) is 79.6 cm³/mol. The molecule has 1 unspecified atom stereocenters. The zero-order chi connectivity index (χ0) is 13.8. The topological polar surface area (TPSA) is 0 Å². The Morgan fingerprint density at radius 2 is 1.84 bits per heavy atom. The SMILES string of the molecule is C=CC(=C)C(C)c1ccc(-c2ccccc2)c(F)c1. The van der Waals surface area contributed by atoms with Crippen LogP contribution in [0, 0.1) is 5.82 Å². The van der Waals surface area contributed by atoms with Gasteiger partial charge in [0.1, 0.15) is 5.82 Å². The Morgan fingerprint density at radius 1 is 1.16 bits per heavy atom. The van der Waals surface area contributed by atoms with Crippen LogP contribution in [0.3, 0.4) is 0 Å². The molecule has 0 aliphatic rings. The van der Waals surface area contributed by atoms with Crippen molar-refractivity contribution < 1.29 is 4.39 Å². The van der Waals surface area contributed by atoms with Gasteiger partial charge in [0.05, 0.1) is 0 Å². The fraction of sp³-hybridized carbons (Fsp3) is 0.111. The van der Waals surface area contributed by atoms with Crippen molar-refractivity contribution in [2.75, 3.05) is 0 Å². The van der Waals surface area contributed by atoms with Crippen LogP contribution in [0.1, 0.15) is 18.4 Å². The maximum absolute atomic E-state index is 14.2. The Bertz CT molecular complexity index is 596. The lowest BCUT2D eigenvalue weighted by Crippen LogP contribution is -1.96. The lowest BCUT2D eigenvalue weighted by atomic mass is 9.92. The van der Waals surface area contributed by atoms with Crippen LogP contribution in [-0.2, 0) is 0 Å². The van der Waals surface area contributed by atoms with Gasteiger partial charge in [-0.15, -0.1) is 0 Å². The summed E-state index contributed by atoms with van der Waals surface area (Å²) in [5, 5.41) is 0. The number of halogens is 1. The van der Waals surface area contributed by atoms with E-state index in [0.717, 1.165) is 16.7 Å². The number of benzene rings is 2. The van der Waals surface area contributed by atoms with Crippen molar-refractivity contribution >= 4 is 0 Å². The minimum atomic E-state index is -0.201. The molecule has 0 N–H and O–H groups in total. The predicted octanol–water partition coefficient (Wildman–Crippen LogP) is 5.34. The molecule has 1 atom stereocenters. The number of hydrogen-bond donors (Lipinski definition) is 0. The van der Waals surface area contributed by atoms with Crippen LogP contribution in [0.4, 0.5) is 4.39 Å². The van der Waals surface area contributed by atoms with E-state index in [-0.39, 0.29) is 11.7 Å². The van der Waals surface area contributed by atoms with Gasteiger partial charge in [0.2, 0.25) is 0 Å². The third-order valence-corrected chi connectivity index (χ3v) is 3.40. The van der Waals surface area contributed by atoms with E-state index in [1.807, 2.05) is 49.4 Å². The highest BCUT2D eigenvalue weighted by Gasteiger charge is 2.11. The fourth-order valence-corrected chi connectivity index (χ4v) is 2.04. The van der Waals surface area contributed by atoms with Crippen molar-refractivity contribution in [3.8, 4) is 11.1 Å². The van der Waals surface area contributed by atoms with Crippen molar-refractivity contribution in [1.82, 2.24) is 0 Å². The third-order valence-electron chi connectivity index (χ3n) is 3.40. The molecule has 0 spiro atoms. The largest absolute Gasteiger partial charge is 0.206 e. The van der Waals surface area contributed by atoms with E-state index < -0.39 is 0 Å². The molecule has 0 saturated heterocycles. The summed E-state index contributed by atoms with van der Waals surface area (Å²) < 4.78 is 14.2. The first-order valence-electron chi connectivity index (χ1n) is 6.29. The molecule has 0 bridgehead atoms. The average molecular weight is 252 g/mol. The molecule has 0 radical (unpaired) electrons. The molecule has 0 heterocycles. The summed E-state index contributed by atoms with van der Waals surface area (Å²) in [5.74, 6) is -0.121. The first-order chi connectivity index (χ1) is 9.13. The first kappa shape index (κ1) is 13.3. The number of hydrogen-bond acceptors (Lipinski definition) is 0. The molecule has 0 nitrogen and oxygen atoms in total. The van der Waals surface area contributed by atoms with E-state index in [1.54, 1.807) is 12.1 Å². The molecule has 2 aromatic rings. The lowest BCUT2D eigenvalue weighted by molar-refractivity contribution is 0.628. The van der Waals surface area contributed by atoms with E-state index in [9.17, 15) is 4.39 Å². The summed E-state index contributed by atoms with van der Waals surface area (Å²) in [6.45, 7) is 9.62. The van der Waals surface area contributed by atoms with Gasteiger partial charge < -0.3 is 0 Å². The maximum atomic E-state index is 14.2. The van der Waals surface area contributed by atoms with Gasteiger partial charge in [0, 0.05) is 11.5 Å². The summed E-state index contributed by atoms with van der Waals surface area (Å²) in [6.07, 6.45) is 1.72. The summed E-state index contributed by atoms with van der Waals surface area (Å²) in [7, 11) is 0. The van der Waals surface area contributed by atoms with Crippen LogP contribution < -0.4 is 0 Å². The lowest BCUT2D eigenvalue weighted by Gasteiger charge is -2.13. The molecule has 0 amide bonds. The molecule has 19 heavy (non-hydrogen) atoms. The summed E-state index contributed by atoms with van der Waals surface area (Å²) in [6, 6.07) is 14.9. The molecular weight excluding hydrogens is 235 g/mol. The minimum absolute atomic E-state index is 0.0804. The maximum Gasteiger partial charge on any atom is 0.131 e. The molecule has 2 aromatic carbocycles. The third kappa shape index (κ3) is 2.82. The second kappa shape index (κ2) is 5.66. The van der Waals surface area contributed by atoms with Crippen molar-refractivity contribution in [3.05, 3.63) is 84.7 Å². The Hall–Kier alpha value is -2.15. The standard InChI is InChI=1S/C18H17F/c1-4-13(2)14(3)16-10-11-17(18(19)12-16)15-8-6-5-7-9-15/h4-12,14H,1-2H2,3H3. The van der Waals surface area contributed by atoms with Gasteiger partial charge >= 0.3 is 0 Å². The Balaban J connectivity index is 2.38. The zero-order valence-electron chi connectivity index (χ0n) is 11.1. The van der Waals surface area contributed by atoms with Crippen LogP contribution in [0.2, 0.25) is 0 Å². The molecule has 0 fully saturated rings. The van der Waals surface area contributed by atoms with Gasteiger partial charge in [-0.05, 0) is 22.8 Å². The van der Waals surface area contributed by atoms with E-state index in [0.29, 0.717) is 5.56 Å². The van der Waals surface area contributed by atoms with Gasteiger partial charge in [0.25, 0.3) is 0 Å². The minimum Gasteiger partial charge on any atom is -0.206 e. The number of rotatable bonds is 4. The van der Waals surface area contributed by atoms with Crippen LogP contribution >= 0.6 is 0 Å². The Morgan fingerprint density at radius 3 is 2.42 bits per heavy atom. The summed E-state index contributed by atoms with van der Waals surface area (Å²) in [5.41, 5.74) is 3.33. The van der Waals surface area contributed by atoms with E-state index in [4.69, 9.17) is 0 Å². The number of allylic oxidation sites excluding steroid dienone is 2. The quantitative estimate of drug-likeness (QED) is 0.644. The molecule has 0 aliphatic heterocycles. The van der Waals surface area contributed by atoms with Gasteiger partial charge in [-0.1, -0.05) is 68.6 Å². The highest BCUT2D eigenvalue weighted by molar-refractivity contribution is 5.64. The molecule has 1 heteroatoms. The van der Waals surface area contributed by atoms with Crippen LogP contribution in [0.5, 0.6) is 0 Å². The second-order valence-corrected chi connectivity index (χ2v) is 4.61. The van der Waals surface area contributed by atoms with Crippen molar-refractivity contribution in [2.24, 2.45) is 0 Å². The van der Waals surface area contributed by atoms with Gasteiger partial charge in [0.15, 0.2) is 0 Å². The monoisotopic (exact) mass is 252 g/mol. The molecule has 0 aliphatic carbocycles. The summed E-state index contributed by atoms with van der Waals surface area (Å²) >= 11 is 0. The molecule has 0 aromatic heterocycles. The van der Waals surface area contributed by atoms with Gasteiger partial charge in [-0.25, -0.2) is 4.39 Å². The van der Waals surface area contributed by atoms with Gasteiger partial charge in [-0.2, -0.15) is 0 Å². The molecule has 0 saturated carbocycles. The smallest absolute Gasteiger partial charge is 0.131 e. The van der Waals surface area contributed by atoms with Crippen LogP contribution in [-0.4, -0.2) is 0 Å². The Kier molecular flexibility index (Phi) is 3.96. The molecular formula is C18H17F.